The van der Waals surface area contributed by atoms with Crippen molar-refractivity contribution in [3.63, 3.8) is 0 Å². The van der Waals surface area contributed by atoms with E-state index in [2.05, 4.69) is 38.3 Å². The second kappa shape index (κ2) is 9.86. The number of carbonyl (C=O) groups excluding carboxylic acids is 1. The Bertz CT molecular complexity index is 691. The molecule has 26 heavy (non-hydrogen) atoms. The molecule has 1 amide bonds. The van der Waals surface area contributed by atoms with Crippen molar-refractivity contribution in [3.8, 4) is 0 Å². The zero-order chi connectivity index (χ0) is 18.2. The number of hydrogen-bond acceptors (Lipinski definition) is 3. The minimum absolute atomic E-state index is 0.0400. The van der Waals surface area contributed by atoms with Gasteiger partial charge >= 0.3 is 0 Å². The van der Waals surface area contributed by atoms with E-state index in [-0.39, 0.29) is 5.91 Å². The first-order valence-electron chi connectivity index (χ1n) is 9.08. The van der Waals surface area contributed by atoms with Gasteiger partial charge in [0, 0.05) is 16.7 Å². The van der Waals surface area contributed by atoms with Crippen molar-refractivity contribution in [3.05, 3.63) is 64.6 Å². The van der Waals surface area contributed by atoms with Crippen LogP contribution in [0.5, 0.6) is 0 Å². The van der Waals surface area contributed by atoms with E-state index >= 15 is 0 Å². The highest BCUT2D eigenvalue weighted by atomic mass is 79.9. The van der Waals surface area contributed by atoms with Crippen LogP contribution in [-0.4, -0.2) is 37.0 Å². The van der Waals surface area contributed by atoms with E-state index < -0.39 is 0 Å². The molecule has 1 unspecified atom stereocenters. The van der Waals surface area contributed by atoms with Crippen molar-refractivity contribution in [2.24, 2.45) is 5.92 Å². The van der Waals surface area contributed by atoms with Gasteiger partial charge in [-0.2, -0.15) is 0 Å². The highest BCUT2D eigenvalue weighted by Crippen LogP contribution is 2.18. The van der Waals surface area contributed by atoms with Crippen LogP contribution in [0.1, 0.15) is 18.4 Å². The van der Waals surface area contributed by atoms with Crippen LogP contribution in [0, 0.1) is 5.92 Å². The average Bonchev–Trinajstić information content (AvgIpc) is 2.65. The third-order valence-electron chi connectivity index (χ3n) is 4.56. The Balaban J connectivity index is 1.40. The number of rotatable bonds is 7. The maximum absolute atomic E-state index is 12.3. The van der Waals surface area contributed by atoms with Gasteiger partial charge in [-0.15, -0.1) is 0 Å². The largest absolute Gasteiger partial charge is 0.376 e. The lowest BCUT2D eigenvalue weighted by atomic mass is 9.99. The third kappa shape index (κ3) is 6.24. The van der Waals surface area contributed by atoms with Crippen molar-refractivity contribution in [2.45, 2.75) is 19.4 Å². The lowest BCUT2D eigenvalue weighted by Gasteiger charge is -2.32. The molecular weight excluding hydrogens is 392 g/mol. The van der Waals surface area contributed by atoms with Gasteiger partial charge in [0.2, 0.25) is 5.91 Å². The van der Waals surface area contributed by atoms with Crippen molar-refractivity contribution in [2.75, 3.05) is 31.6 Å². The summed E-state index contributed by atoms with van der Waals surface area (Å²) in [6.45, 7) is 3.73. The number of likely N-dealkylation sites (tertiary alicyclic amines) is 1. The lowest BCUT2D eigenvalue weighted by molar-refractivity contribution is -0.117. The van der Waals surface area contributed by atoms with Crippen LogP contribution in [0.15, 0.2) is 59.1 Å². The molecule has 1 aliphatic heterocycles. The first-order valence-corrected chi connectivity index (χ1v) is 9.88. The Labute approximate surface area is 163 Å². The van der Waals surface area contributed by atoms with Gasteiger partial charge in [0.05, 0.1) is 19.8 Å². The molecule has 2 aromatic carbocycles. The van der Waals surface area contributed by atoms with E-state index in [1.54, 1.807) is 0 Å². The molecular formula is C21H25BrN2O2. The van der Waals surface area contributed by atoms with Crippen LogP contribution in [0.25, 0.3) is 0 Å². The van der Waals surface area contributed by atoms with Gasteiger partial charge in [0.1, 0.15) is 0 Å². The van der Waals surface area contributed by atoms with E-state index in [1.165, 1.54) is 12.0 Å². The molecule has 1 fully saturated rings. The van der Waals surface area contributed by atoms with Gasteiger partial charge in [0.15, 0.2) is 0 Å². The number of nitrogens with zero attached hydrogens (tertiary/aromatic N) is 1. The van der Waals surface area contributed by atoms with Crippen molar-refractivity contribution >= 4 is 27.5 Å². The molecule has 3 rings (SSSR count). The van der Waals surface area contributed by atoms with Crippen molar-refractivity contribution in [1.82, 2.24) is 4.90 Å². The zero-order valence-electron chi connectivity index (χ0n) is 14.9. The molecule has 1 saturated heterocycles. The molecule has 1 heterocycles. The number of benzene rings is 2. The molecule has 0 aliphatic carbocycles. The summed E-state index contributed by atoms with van der Waals surface area (Å²) in [6.07, 6.45) is 2.28. The molecule has 1 aliphatic rings. The summed E-state index contributed by atoms with van der Waals surface area (Å²) in [5.41, 5.74) is 2.03. The molecule has 0 saturated carbocycles. The number of hydrogen-bond donors (Lipinski definition) is 1. The number of piperidine rings is 1. The highest BCUT2D eigenvalue weighted by molar-refractivity contribution is 9.10. The normalized spacial score (nSPS) is 17.8. The molecule has 0 radical (unpaired) electrons. The highest BCUT2D eigenvalue weighted by Gasteiger charge is 2.21. The number of carbonyl (C=O) groups is 1. The Kier molecular flexibility index (Phi) is 7.23. The average molecular weight is 417 g/mol. The predicted molar refractivity (Wildman–Crippen MR) is 108 cm³/mol. The van der Waals surface area contributed by atoms with Crippen LogP contribution >= 0.6 is 15.9 Å². The van der Waals surface area contributed by atoms with Crippen molar-refractivity contribution in [1.29, 1.82) is 0 Å². The Morgan fingerprint density at radius 3 is 2.69 bits per heavy atom. The van der Waals surface area contributed by atoms with Crippen LogP contribution in [0.4, 0.5) is 5.69 Å². The smallest absolute Gasteiger partial charge is 0.238 e. The number of nitrogens with one attached hydrogen (secondary N) is 1. The van der Waals surface area contributed by atoms with Crippen LogP contribution in [0.2, 0.25) is 0 Å². The van der Waals surface area contributed by atoms with E-state index in [4.69, 9.17) is 4.74 Å². The summed E-state index contributed by atoms with van der Waals surface area (Å²) < 4.78 is 6.89. The monoisotopic (exact) mass is 416 g/mol. The summed E-state index contributed by atoms with van der Waals surface area (Å²) in [7, 11) is 0. The van der Waals surface area contributed by atoms with Gasteiger partial charge in [-0.3, -0.25) is 9.69 Å². The van der Waals surface area contributed by atoms with Gasteiger partial charge in [-0.1, -0.05) is 46.3 Å². The Morgan fingerprint density at radius 1 is 1.15 bits per heavy atom. The molecule has 2 aromatic rings. The van der Waals surface area contributed by atoms with Crippen LogP contribution in [-0.2, 0) is 16.1 Å². The minimum Gasteiger partial charge on any atom is -0.376 e. The van der Waals surface area contributed by atoms with E-state index in [0.29, 0.717) is 19.1 Å². The maximum atomic E-state index is 12.3. The molecule has 5 heteroatoms. The van der Waals surface area contributed by atoms with Gasteiger partial charge in [-0.05, 0) is 55.1 Å². The molecule has 4 nitrogen and oxygen atoms in total. The SMILES string of the molecule is O=C(CN1CCCC(COCc2ccccc2)C1)Nc1ccc(Br)cc1. The molecule has 1 atom stereocenters. The summed E-state index contributed by atoms with van der Waals surface area (Å²) in [5, 5.41) is 2.96. The molecule has 0 aromatic heterocycles. The first-order chi connectivity index (χ1) is 12.7. The fourth-order valence-corrected chi connectivity index (χ4v) is 3.55. The predicted octanol–water partition coefficient (Wildman–Crippen LogP) is 4.32. The van der Waals surface area contributed by atoms with E-state index in [9.17, 15) is 4.79 Å². The summed E-state index contributed by atoms with van der Waals surface area (Å²) in [5.74, 6) is 0.533. The maximum Gasteiger partial charge on any atom is 0.238 e. The number of ether oxygens (including phenoxy) is 1. The Hall–Kier alpha value is -1.69. The van der Waals surface area contributed by atoms with Crippen LogP contribution in [0.3, 0.4) is 0 Å². The second-order valence-electron chi connectivity index (χ2n) is 6.80. The molecule has 1 N–H and O–H groups in total. The molecule has 0 bridgehead atoms. The summed E-state index contributed by atoms with van der Waals surface area (Å²) >= 11 is 3.40. The summed E-state index contributed by atoms with van der Waals surface area (Å²) in [4.78, 5) is 14.5. The topological polar surface area (TPSA) is 41.6 Å². The van der Waals surface area contributed by atoms with Gasteiger partial charge < -0.3 is 10.1 Å². The lowest BCUT2D eigenvalue weighted by Crippen LogP contribution is -2.41. The van der Waals surface area contributed by atoms with E-state index in [0.717, 1.165) is 36.3 Å². The second-order valence-corrected chi connectivity index (χ2v) is 7.71. The summed E-state index contributed by atoms with van der Waals surface area (Å²) in [6, 6.07) is 17.9. The van der Waals surface area contributed by atoms with Gasteiger partial charge in [-0.25, -0.2) is 0 Å². The number of anilines is 1. The molecule has 138 valence electrons. The van der Waals surface area contributed by atoms with Crippen LogP contribution < -0.4 is 5.32 Å². The third-order valence-corrected chi connectivity index (χ3v) is 5.09. The van der Waals surface area contributed by atoms with Gasteiger partial charge in [0.25, 0.3) is 0 Å². The fraction of sp³-hybridized carbons (Fsp3) is 0.381. The van der Waals surface area contributed by atoms with Crippen molar-refractivity contribution < 1.29 is 9.53 Å². The molecule has 0 spiro atoms. The Morgan fingerprint density at radius 2 is 1.92 bits per heavy atom. The minimum atomic E-state index is 0.0400. The first kappa shape index (κ1) is 19.1. The quantitative estimate of drug-likeness (QED) is 0.730. The number of amides is 1. The fourth-order valence-electron chi connectivity index (χ4n) is 3.29. The number of halogens is 1. The van der Waals surface area contributed by atoms with E-state index in [1.807, 2.05) is 42.5 Å². The zero-order valence-corrected chi connectivity index (χ0v) is 16.5. The standard InChI is InChI=1S/C21H25BrN2O2/c22-19-8-10-20(11-9-19)23-21(25)14-24-12-4-7-18(13-24)16-26-15-17-5-2-1-3-6-17/h1-3,5-6,8-11,18H,4,7,12-16H2,(H,23,25).